The molecule has 0 saturated carbocycles. The van der Waals surface area contributed by atoms with Gasteiger partial charge < -0.3 is 16.2 Å². The first kappa shape index (κ1) is 14.6. The maximum absolute atomic E-state index is 12.5. The van der Waals surface area contributed by atoms with Gasteiger partial charge in [0, 0.05) is 19.2 Å². The number of amides is 1. The molecule has 8 heteroatoms. The second-order valence-corrected chi connectivity index (χ2v) is 6.56. The van der Waals surface area contributed by atoms with Crippen LogP contribution in [0.2, 0.25) is 0 Å². The predicted octanol–water partition coefficient (Wildman–Crippen LogP) is -0.227. The Bertz CT molecular complexity index is 630. The third-order valence-electron chi connectivity index (χ3n) is 3.39. The molecule has 1 aromatic carbocycles. The molecule has 20 heavy (non-hydrogen) atoms. The van der Waals surface area contributed by atoms with Gasteiger partial charge in [-0.15, -0.1) is 0 Å². The van der Waals surface area contributed by atoms with Gasteiger partial charge in [0.15, 0.2) is 0 Å². The largest absolute Gasteiger partial charge is 0.497 e. The van der Waals surface area contributed by atoms with Crippen molar-refractivity contribution in [2.24, 2.45) is 11.7 Å². The lowest BCUT2D eigenvalue weighted by Gasteiger charge is -2.17. The lowest BCUT2D eigenvalue weighted by Crippen LogP contribution is -2.32. The number of primary amides is 1. The SMILES string of the molecule is COc1ccc(S(=O)(=O)N2CCC(C(N)=O)C2)c(N)c1. The van der Waals surface area contributed by atoms with Crippen molar-refractivity contribution in [3.63, 3.8) is 0 Å². The van der Waals surface area contributed by atoms with Crippen LogP contribution in [0.25, 0.3) is 0 Å². The summed E-state index contributed by atoms with van der Waals surface area (Å²) in [5.41, 5.74) is 11.1. The third kappa shape index (κ3) is 2.56. The van der Waals surface area contributed by atoms with Gasteiger partial charge in [0.1, 0.15) is 10.6 Å². The molecule has 0 aliphatic carbocycles. The fourth-order valence-electron chi connectivity index (χ4n) is 2.21. The van der Waals surface area contributed by atoms with Gasteiger partial charge in [-0.1, -0.05) is 0 Å². The summed E-state index contributed by atoms with van der Waals surface area (Å²) < 4.78 is 31.2. The van der Waals surface area contributed by atoms with Gasteiger partial charge in [0.25, 0.3) is 0 Å². The Morgan fingerprint density at radius 1 is 1.45 bits per heavy atom. The Labute approximate surface area is 117 Å². The standard InChI is InChI=1S/C12H17N3O4S/c1-19-9-2-3-11(10(13)6-9)20(17,18)15-5-4-8(7-15)12(14)16/h2-3,6,8H,4-5,7,13H2,1H3,(H2,14,16). The average molecular weight is 299 g/mol. The highest BCUT2D eigenvalue weighted by Gasteiger charge is 2.35. The van der Waals surface area contributed by atoms with Gasteiger partial charge >= 0.3 is 0 Å². The number of nitrogens with zero attached hydrogens (tertiary/aromatic N) is 1. The number of carbonyl (C=O) groups excluding carboxylic acids is 1. The van der Waals surface area contributed by atoms with E-state index < -0.39 is 21.8 Å². The zero-order valence-corrected chi connectivity index (χ0v) is 11.9. The van der Waals surface area contributed by atoms with E-state index in [0.717, 1.165) is 0 Å². The second kappa shape index (κ2) is 5.29. The molecule has 0 spiro atoms. The lowest BCUT2D eigenvalue weighted by molar-refractivity contribution is -0.121. The molecule has 1 heterocycles. The van der Waals surface area contributed by atoms with E-state index in [2.05, 4.69) is 0 Å². The van der Waals surface area contributed by atoms with Gasteiger partial charge in [0.05, 0.1) is 18.7 Å². The van der Waals surface area contributed by atoms with E-state index in [1.165, 1.54) is 29.6 Å². The molecule has 1 aliphatic rings. The molecular weight excluding hydrogens is 282 g/mol. The monoisotopic (exact) mass is 299 g/mol. The topological polar surface area (TPSA) is 116 Å². The number of methoxy groups -OCH3 is 1. The summed E-state index contributed by atoms with van der Waals surface area (Å²) in [6, 6.07) is 4.39. The van der Waals surface area contributed by atoms with Crippen molar-refractivity contribution in [2.45, 2.75) is 11.3 Å². The minimum absolute atomic E-state index is 0.0171. The summed E-state index contributed by atoms with van der Waals surface area (Å²) in [4.78, 5) is 11.1. The van der Waals surface area contributed by atoms with Crippen LogP contribution in [0.1, 0.15) is 6.42 Å². The lowest BCUT2D eigenvalue weighted by atomic mass is 10.1. The summed E-state index contributed by atoms with van der Waals surface area (Å²) in [5.74, 6) is -0.437. The third-order valence-corrected chi connectivity index (χ3v) is 5.33. The van der Waals surface area contributed by atoms with Gasteiger partial charge in [-0.3, -0.25) is 4.79 Å². The Hall–Kier alpha value is -1.80. The Morgan fingerprint density at radius 2 is 2.15 bits per heavy atom. The fourth-order valence-corrected chi connectivity index (χ4v) is 3.80. The molecule has 1 aromatic rings. The highest BCUT2D eigenvalue weighted by molar-refractivity contribution is 7.89. The van der Waals surface area contributed by atoms with Crippen molar-refractivity contribution in [2.75, 3.05) is 25.9 Å². The molecule has 0 bridgehead atoms. The summed E-state index contributed by atoms with van der Waals surface area (Å²) in [6.45, 7) is 0.366. The Morgan fingerprint density at radius 3 is 2.65 bits per heavy atom. The van der Waals surface area contributed by atoms with Crippen molar-refractivity contribution in [1.29, 1.82) is 0 Å². The average Bonchev–Trinajstić information content (AvgIpc) is 2.88. The maximum atomic E-state index is 12.5. The number of hydrogen-bond donors (Lipinski definition) is 2. The van der Waals surface area contributed by atoms with E-state index in [9.17, 15) is 13.2 Å². The quantitative estimate of drug-likeness (QED) is 0.745. The van der Waals surface area contributed by atoms with E-state index in [1.54, 1.807) is 0 Å². The summed E-state index contributed by atoms with van der Waals surface area (Å²) >= 11 is 0. The number of carbonyl (C=O) groups is 1. The molecular formula is C12H17N3O4S. The van der Waals surface area contributed by atoms with Crippen LogP contribution in [0.5, 0.6) is 5.75 Å². The molecule has 0 radical (unpaired) electrons. The zero-order chi connectivity index (χ0) is 14.9. The van der Waals surface area contributed by atoms with Crippen molar-refractivity contribution in [3.05, 3.63) is 18.2 Å². The van der Waals surface area contributed by atoms with Crippen LogP contribution in [0.15, 0.2) is 23.1 Å². The van der Waals surface area contributed by atoms with Crippen molar-refractivity contribution in [1.82, 2.24) is 4.31 Å². The number of benzene rings is 1. The smallest absolute Gasteiger partial charge is 0.245 e. The van der Waals surface area contributed by atoms with Crippen molar-refractivity contribution < 1.29 is 17.9 Å². The van der Waals surface area contributed by atoms with E-state index in [0.29, 0.717) is 12.2 Å². The number of nitrogens with two attached hydrogens (primary N) is 2. The maximum Gasteiger partial charge on any atom is 0.245 e. The number of nitrogen functional groups attached to an aromatic ring is 1. The van der Waals surface area contributed by atoms with E-state index in [-0.39, 0.29) is 23.7 Å². The van der Waals surface area contributed by atoms with Crippen LogP contribution in [0, 0.1) is 5.92 Å². The molecule has 0 aromatic heterocycles. The van der Waals surface area contributed by atoms with Crippen molar-refractivity contribution >= 4 is 21.6 Å². The molecule has 110 valence electrons. The molecule has 1 saturated heterocycles. The predicted molar refractivity (Wildman–Crippen MR) is 73.5 cm³/mol. The van der Waals surface area contributed by atoms with Crippen LogP contribution in [-0.4, -0.2) is 38.8 Å². The molecule has 1 amide bonds. The summed E-state index contributed by atoms with van der Waals surface area (Å²) in [7, 11) is -2.24. The van der Waals surface area contributed by atoms with Gasteiger partial charge in [0.2, 0.25) is 15.9 Å². The van der Waals surface area contributed by atoms with Gasteiger partial charge in [-0.05, 0) is 18.6 Å². The highest BCUT2D eigenvalue weighted by Crippen LogP contribution is 2.29. The van der Waals surface area contributed by atoms with Gasteiger partial charge in [-0.25, -0.2) is 8.42 Å². The molecule has 4 N–H and O–H groups in total. The molecule has 1 atom stereocenters. The minimum Gasteiger partial charge on any atom is -0.497 e. The van der Waals surface area contributed by atoms with Gasteiger partial charge in [-0.2, -0.15) is 4.31 Å². The molecule has 7 nitrogen and oxygen atoms in total. The van der Waals surface area contributed by atoms with Crippen LogP contribution in [0.3, 0.4) is 0 Å². The number of hydrogen-bond acceptors (Lipinski definition) is 5. The minimum atomic E-state index is -3.72. The Kier molecular flexibility index (Phi) is 3.87. The molecule has 1 aliphatic heterocycles. The molecule has 2 rings (SSSR count). The first-order valence-corrected chi connectivity index (χ1v) is 7.53. The van der Waals surface area contributed by atoms with Crippen LogP contribution >= 0.6 is 0 Å². The molecule has 1 fully saturated rings. The number of rotatable bonds is 4. The number of sulfonamides is 1. The Balaban J connectivity index is 2.30. The number of ether oxygens (including phenoxy) is 1. The van der Waals surface area contributed by atoms with E-state index in [4.69, 9.17) is 16.2 Å². The highest BCUT2D eigenvalue weighted by atomic mass is 32.2. The first-order valence-electron chi connectivity index (χ1n) is 6.09. The van der Waals surface area contributed by atoms with E-state index in [1.807, 2.05) is 0 Å². The van der Waals surface area contributed by atoms with Crippen LogP contribution < -0.4 is 16.2 Å². The first-order chi connectivity index (χ1) is 9.36. The zero-order valence-electron chi connectivity index (χ0n) is 11.1. The summed E-state index contributed by atoms with van der Waals surface area (Å²) in [5, 5.41) is 0. The van der Waals surface area contributed by atoms with Crippen LogP contribution in [-0.2, 0) is 14.8 Å². The summed E-state index contributed by atoms with van der Waals surface area (Å²) in [6.07, 6.45) is 0.435. The second-order valence-electron chi connectivity index (χ2n) is 4.65. The normalized spacial score (nSPS) is 19.9. The number of anilines is 1. The van der Waals surface area contributed by atoms with Crippen molar-refractivity contribution in [3.8, 4) is 5.75 Å². The van der Waals surface area contributed by atoms with Crippen LogP contribution in [0.4, 0.5) is 5.69 Å². The molecule has 1 unspecified atom stereocenters. The van der Waals surface area contributed by atoms with E-state index >= 15 is 0 Å². The fraction of sp³-hybridized carbons (Fsp3) is 0.417.